The van der Waals surface area contributed by atoms with Gasteiger partial charge >= 0.3 is 0 Å². The molecule has 1 aromatic carbocycles. The molecule has 184 valence electrons. The van der Waals surface area contributed by atoms with Gasteiger partial charge in [-0.15, -0.1) is 0 Å². The van der Waals surface area contributed by atoms with Crippen LogP contribution in [0.5, 0.6) is 0 Å². The second-order valence-electron chi connectivity index (χ2n) is 9.59. The van der Waals surface area contributed by atoms with Crippen molar-refractivity contribution in [3.05, 3.63) is 72.7 Å². The first-order chi connectivity index (χ1) is 17.9. The van der Waals surface area contributed by atoms with Gasteiger partial charge in [-0.2, -0.15) is 5.10 Å². The molecule has 6 aromatic rings. The number of pyridine rings is 2. The molecule has 0 spiro atoms. The summed E-state index contributed by atoms with van der Waals surface area (Å²) in [6.45, 7) is 7.78. The number of carbonyl (C=O) groups is 1. The van der Waals surface area contributed by atoms with Gasteiger partial charge in [0.25, 0.3) is 0 Å². The number of fused-ring (bicyclic) bond motifs is 2. The van der Waals surface area contributed by atoms with Crippen LogP contribution >= 0.6 is 0 Å². The number of hydrogen-bond acceptors (Lipinski definition) is 5. The van der Waals surface area contributed by atoms with Crippen LogP contribution in [-0.4, -0.2) is 40.6 Å². The van der Waals surface area contributed by atoms with Crippen LogP contribution in [0.1, 0.15) is 25.1 Å². The Morgan fingerprint density at radius 3 is 2.68 bits per heavy atom. The molecular formula is C28H26N8O. The van der Waals surface area contributed by atoms with E-state index in [1.165, 1.54) is 0 Å². The van der Waals surface area contributed by atoms with Crippen molar-refractivity contribution < 1.29 is 4.79 Å². The van der Waals surface area contributed by atoms with Crippen molar-refractivity contribution in [1.82, 2.24) is 34.7 Å². The fourth-order valence-corrected chi connectivity index (χ4v) is 4.47. The number of nitrogens with one attached hydrogen (secondary N) is 3. The van der Waals surface area contributed by atoms with E-state index >= 15 is 0 Å². The summed E-state index contributed by atoms with van der Waals surface area (Å²) in [6.07, 6.45) is 9.00. The molecule has 0 bridgehead atoms. The molecule has 0 radical (unpaired) electrons. The summed E-state index contributed by atoms with van der Waals surface area (Å²) in [5, 5.41) is 12.7. The molecule has 6 rings (SSSR count). The largest absolute Gasteiger partial charge is 0.353 e. The van der Waals surface area contributed by atoms with Crippen LogP contribution in [0.4, 0.5) is 5.69 Å². The highest BCUT2D eigenvalue weighted by atomic mass is 16.1. The number of nitrogens with zero attached hydrogens (tertiary/aromatic N) is 5. The molecule has 1 amide bonds. The van der Waals surface area contributed by atoms with Gasteiger partial charge in [-0.05, 0) is 43.7 Å². The van der Waals surface area contributed by atoms with Crippen molar-refractivity contribution in [3.63, 3.8) is 0 Å². The lowest BCUT2D eigenvalue weighted by Crippen LogP contribution is -2.17. The first kappa shape index (κ1) is 22.7. The zero-order valence-corrected chi connectivity index (χ0v) is 21.0. The van der Waals surface area contributed by atoms with Gasteiger partial charge in [-0.1, -0.05) is 19.9 Å². The normalized spacial score (nSPS) is 11.6. The van der Waals surface area contributed by atoms with Crippen molar-refractivity contribution in [2.45, 2.75) is 27.7 Å². The number of benzene rings is 1. The molecule has 0 unspecified atom stereocenters. The lowest BCUT2D eigenvalue weighted by atomic mass is 10.1. The minimum atomic E-state index is -0.120. The minimum absolute atomic E-state index is 0.0567. The Morgan fingerprint density at radius 2 is 1.89 bits per heavy atom. The van der Waals surface area contributed by atoms with Gasteiger partial charge in [0.15, 0.2) is 0 Å². The van der Waals surface area contributed by atoms with Gasteiger partial charge in [0.2, 0.25) is 5.91 Å². The SMILES string of the molecule is Cc1cn(-c2ccc(C)c3[nH]c(-c4n[nH]c5cnc(-c6cncc(NC(=O)C(C)C)c6)cc45)cc23)cn1. The average Bonchev–Trinajstić information content (AvgIpc) is 3.62. The van der Waals surface area contributed by atoms with E-state index in [0.717, 1.165) is 61.4 Å². The zero-order chi connectivity index (χ0) is 25.7. The summed E-state index contributed by atoms with van der Waals surface area (Å²) < 4.78 is 2.04. The molecule has 5 aromatic heterocycles. The second kappa shape index (κ2) is 8.70. The van der Waals surface area contributed by atoms with E-state index in [9.17, 15) is 4.79 Å². The van der Waals surface area contributed by atoms with Crippen LogP contribution in [0.25, 0.3) is 50.1 Å². The molecular weight excluding hydrogens is 464 g/mol. The van der Waals surface area contributed by atoms with Gasteiger partial charge < -0.3 is 14.9 Å². The van der Waals surface area contributed by atoms with Crippen molar-refractivity contribution in [2.75, 3.05) is 5.32 Å². The Hall–Kier alpha value is -4.79. The number of aryl methyl sites for hydroxylation is 2. The Kier molecular flexibility index (Phi) is 5.33. The molecule has 0 saturated carbocycles. The fourth-order valence-electron chi connectivity index (χ4n) is 4.47. The number of H-pyrrole nitrogens is 2. The maximum atomic E-state index is 12.1. The summed E-state index contributed by atoms with van der Waals surface area (Å²) >= 11 is 0. The van der Waals surface area contributed by atoms with E-state index in [4.69, 9.17) is 0 Å². The first-order valence-corrected chi connectivity index (χ1v) is 12.1. The highest BCUT2D eigenvalue weighted by Gasteiger charge is 2.16. The summed E-state index contributed by atoms with van der Waals surface area (Å²) in [5.74, 6) is -0.177. The van der Waals surface area contributed by atoms with Crippen LogP contribution in [0.2, 0.25) is 0 Å². The van der Waals surface area contributed by atoms with E-state index in [1.807, 2.05) is 50.0 Å². The maximum absolute atomic E-state index is 12.1. The van der Waals surface area contributed by atoms with Crippen LogP contribution < -0.4 is 5.32 Å². The smallest absolute Gasteiger partial charge is 0.226 e. The summed E-state index contributed by atoms with van der Waals surface area (Å²) in [4.78, 5) is 29.0. The molecule has 0 aliphatic rings. The Bertz CT molecular complexity index is 1790. The van der Waals surface area contributed by atoms with Crippen molar-refractivity contribution >= 4 is 33.4 Å². The number of imidazole rings is 1. The molecule has 0 fully saturated rings. The Balaban J connectivity index is 1.43. The molecule has 0 aliphatic carbocycles. The quantitative estimate of drug-likeness (QED) is 0.292. The molecule has 9 heteroatoms. The third-order valence-corrected chi connectivity index (χ3v) is 6.50. The van der Waals surface area contributed by atoms with Gasteiger partial charge in [0.05, 0.1) is 58.2 Å². The third kappa shape index (κ3) is 4.04. The number of hydrogen-bond donors (Lipinski definition) is 3. The van der Waals surface area contributed by atoms with Crippen LogP contribution in [0, 0.1) is 19.8 Å². The van der Waals surface area contributed by atoms with Crippen LogP contribution in [0.15, 0.2) is 61.4 Å². The maximum Gasteiger partial charge on any atom is 0.226 e. The van der Waals surface area contributed by atoms with Crippen molar-refractivity contribution in [3.8, 4) is 28.3 Å². The summed E-state index contributed by atoms with van der Waals surface area (Å²) in [6, 6.07) is 10.2. The molecule has 3 N–H and O–H groups in total. The van der Waals surface area contributed by atoms with E-state index in [0.29, 0.717) is 5.69 Å². The highest BCUT2D eigenvalue weighted by molar-refractivity contribution is 6.00. The number of anilines is 1. The van der Waals surface area contributed by atoms with Crippen LogP contribution in [-0.2, 0) is 4.79 Å². The van der Waals surface area contributed by atoms with Crippen molar-refractivity contribution in [1.29, 1.82) is 0 Å². The van der Waals surface area contributed by atoms with Gasteiger partial charge in [0.1, 0.15) is 5.69 Å². The second-order valence-corrected chi connectivity index (χ2v) is 9.59. The lowest BCUT2D eigenvalue weighted by molar-refractivity contribution is -0.118. The summed E-state index contributed by atoms with van der Waals surface area (Å²) in [7, 11) is 0. The number of amides is 1. The third-order valence-electron chi connectivity index (χ3n) is 6.50. The Morgan fingerprint density at radius 1 is 1.03 bits per heavy atom. The van der Waals surface area contributed by atoms with Gasteiger partial charge in [0, 0.05) is 34.6 Å². The van der Waals surface area contributed by atoms with Gasteiger partial charge in [-0.3, -0.25) is 19.9 Å². The molecule has 0 atom stereocenters. The number of carbonyl (C=O) groups excluding carboxylic acids is 1. The van der Waals surface area contributed by atoms with Gasteiger partial charge in [-0.25, -0.2) is 4.98 Å². The molecule has 37 heavy (non-hydrogen) atoms. The molecule has 9 nitrogen and oxygen atoms in total. The topological polar surface area (TPSA) is 117 Å². The Labute approximate surface area is 213 Å². The van der Waals surface area contributed by atoms with Crippen molar-refractivity contribution in [2.24, 2.45) is 5.92 Å². The van der Waals surface area contributed by atoms with E-state index < -0.39 is 0 Å². The number of rotatable bonds is 5. The first-order valence-electron chi connectivity index (χ1n) is 12.1. The van der Waals surface area contributed by atoms with Crippen LogP contribution in [0.3, 0.4) is 0 Å². The summed E-state index contributed by atoms with van der Waals surface area (Å²) in [5.41, 5.74) is 8.95. The zero-order valence-electron chi connectivity index (χ0n) is 21.0. The minimum Gasteiger partial charge on any atom is -0.353 e. The molecule has 0 saturated heterocycles. The molecule has 5 heterocycles. The number of aromatic amines is 2. The fraction of sp³-hybridized carbons (Fsp3) is 0.179. The van der Waals surface area contributed by atoms with E-state index in [-0.39, 0.29) is 11.8 Å². The lowest BCUT2D eigenvalue weighted by Gasteiger charge is -2.08. The predicted octanol–water partition coefficient (Wildman–Crippen LogP) is 5.57. The number of aromatic nitrogens is 7. The predicted molar refractivity (Wildman–Crippen MR) is 144 cm³/mol. The average molecular weight is 491 g/mol. The van der Waals surface area contributed by atoms with E-state index in [2.05, 4.69) is 60.6 Å². The monoisotopic (exact) mass is 490 g/mol. The standard InChI is InChI=1S/C28H26N8O/c1-15(2)28(37)32-19-7-18(10-29-11-19)22-8-20-24(12-30-22)34-35-27(20)23-9-21-25(36-13-17(4)31-14-36)6-5-16(3)26(21)33-23/h5-15,33H,1-4H3,(H,32,37)(H,34,35). The highest BCUT2D eigenvalue weighted by Crippen LogP contribution is 2.34. The molecule has 0 aliphatic heterocycles. The van der Waals surface area contributed by atoms with E-state index in [1.54, 1.807) is 18.6 Å².